The molecule has 1 unspecified atom stereocenters. The Morgan fingerprint density at radius 3 is 2.12 bits per heavy atom. The van der Waals surface area contributed by atoms with Gasteiger partial charge in [-0.3, -0.25) is 14.5 Å². The maximum atomic E-state index is 12.9. The van der Waals surface area contributed by atoms with Crippen molar-refractivity contribution in [1.82, 2.24) is 9.38 Å². The summed E-state index contributed by atoms with van der Waals surface area (Å²) in [6.45, 7) is 1.84. The zero-order valence-electron chi connectivity index (χ0n) is 22.3. The van der Waals surface area contributed by atoms with E-state index in [1.807, 2.05) is 115 Å². The van der Waals surface area contributed by atoms with Gasteiger partial charge in [-0.1, -0.05) is 84.9 Å². The van der Waals surface area contributed by atoms with Gasteiger partial charge in [0.05, 0.1) is 12.5 Å². The van der Waals surface area contributed by atoms with Gasteiger partial charge in [-0.05, 0) is 54.2 Å². The summed E-state index contributed by atoms with van der Waals surface area (Å²) in [6.07, 6.45) is 2.54. The van der Waals surface area contributed by atoms with Crippen LogP contribution in [0.25, 0.3) is 28.0 Å². The number of esters is 1. The SMILES string of the molecule is COC(=O)C1(c2ccc(-c3ccc(-c4nc5ccccn5c4NC(=O)OC(C)c4ccccc4)cc3)cc2)CC1. The number of pyridine rings is 1. The highest BCUT2D eigenvalue weighted by molar-refractivity contribution is 5.91. The Bertz CT molecular complexity index is 1670. The number of aromatic nitrogens is 2. The minimum absolute atomic E-state index is 0.167. The molecule has 7 heteroatoms. The summed E-state index contributed by atoms with van der Waals surface area (Å²) in [5, 5.41) is 2.92. The number of benzene rings is 3. The second kappa shape index (κ2) is 10.3. The molecule has 40 heavy (non-hydrogen) atoms. The van der Waals surface area contributed by atoms with Gasteiger partial charge in [0.1, 0.15) is 23.3 Å². The largest absolute Gasteiger partial charge is 0.468 e. The van der Waals surface area contributed by atoms with Gasteiger partial charge in [0.2, 0.25) is 0 Å². The molecule has 1 fully saturated rings. The third-order valence-electron chi connectivity index (χ3n) is 7.56. The van der Waals surface area contributed by atoms with E-state index in [-0.39, 0.29) is 5.97 Å². The first kappa shape index (κ1) is 25.4. The molecule has 3 aromatic carbocycles. The smallest absolute Gasteiger partial charge is 0.413 e. The zero-order valence-corrected chi connectivity index (χ0v) is 22.3. The van der Waals surface area contributed by atoms with Crippen molar-refractivity contribution in [2.24, 2.45) is 0 Å². The predicted molar refractivity (Wildman–Crippen MR) is 154 cm³/mol. The number of methoxy groups -OCH3 is 1. The number of amides is 1. The quantitative estimate of drug-likeness (QED) is 0.225. The van der Waals surface area contributed by atoms with Crippen LogP contribution in [-0.4, -0.2) is 28.6 Å². The van der Waals surface area contributed by atoms with Crippen LogP contribution in [-0.2, 0) is 19.7 Å². The van der Waals surface area contributed by atoms with Crippen LogP contribution in [0.2, 0.25) is 0 Å². The van der Waals surface area contributed by atoms with Crippen molar-refractivity contribution in [3.63, 3.8) is 0 Å². The minimum Gasteiger partial charge on any atom is -0.468 e. The fourth-order valence-electron chi connectivity index (χ4n) is 5.13. The lowest BCUT2D eigenvalue weighted by molar-refractivity contribution is -0.143. The third-order valence-corrected chi connectivity index (χ3v) is 7.56. The van der Waals surface area contributed by atoms with E-state index in [1.54, 1.807) is 0 Å². The predicted octanol–water partition coefficient (Wildman–Crippen LogP) is 7.18. The normalized spacial score (nSPS) is 14.3. The molecule has 2 heterocycles. The van der Waals surface area contributed by atoms with E-state index in [4.69, 9.17) is 14.5 Å². The molecule has 1 saturated carbocycles. The molecular formula is C33H29N3O4. The van der Waals surface area contributed by atoms with Crippen molar-refractivity contribution in [2.45, 2.75) is 31.3 Å². The van der Waals surface area contributed by atoms with Crippen LogP contribution in [0.3, 0.4) is 0 Å². The maximum Gasteiger partial charge on any atom is 0.413 e. The number of hydrogen-bond donors (Lipinski definition) is 1. The summed E-state index contributed by atoms with van der Waals surface area (Å²) >= 11 is 0. The molecule has 0 saturated heterocycles. The number of hydrogen-bond acceptors (Lipinski definition) is 5. The first-order chi connectivity index (χ1) is 19.5. The number of fused-ring (bicyclic) bond motifs is 1. The van der Waals surface area contributed by atoms with E-state index in [1.165, 1.54) is 7.11 Å². The van der Waals surface area contributed by atoms with Crippen LogP contribution in [0, 0.1) is 0 Å². The van der Waals surface area contributed by atoms with Crippen LogP contribution >= 0.6 is 0 Å². The minimum atomic E-state index is -0.555. The molecule has 2 aromatic heterocycles. The van der Waals surface area contributed by atoms with E-state index in [2.05, 4.69) is 5.32 Å². The van der Waals surface area contributed by atoms with Gasteiger partial charge >= 0.3 is 12.1 Å². The average molecular weight is 532 g/mol. The molecular weight excluding hydrogens is 502 g/mol. The lowest BCUT2D eigenvalue weighted by Crippen LogP contribution is -2.21. The Morgan fingerprint density at radius 2 is 1.48 bits per heavy atom. The Morgan fingerprint density at radius 1 is 0.850 bits per heavy atom. The standard InChI is InChI=1S/C33H29N3O4/c1-22(23-8-4-3-5-9-23)40-32(38)35-30-29(34-28-10-6-7-21-36(28)30)26-13-11-24(12-14-26)25-15-17-27(18-16-25)33(19-20-33)31(37)39-2/h3-18,21-22H,19-20H2,1-2H3,(H,35,38). The Labute approximate surface area is 232 Å². The van der Waals surface area contributed by atoms with Crippen molar-refractivity contribution in [3.05, 3.63) is 114 Å². The zero-order chi connectivity index (χ0) is 27.7. The maximum absolute atomic E-state index is 12.9. The Kier molecular flexibility index (Phi) is 6.56. The first-order valence-electron chi connectivity index (χ1n) is 13.3. The van der Waals surface area contributed by atoms with E-state index in [9.17, 15) is 9.59 Å². The van der Waals surface area contributed by atoms with E-state index >= 15 is 0 Å². The first-order valence-corrected chi connectivity index (χ1v) is 13.3. The van der Waals surface area contributed by atoms with E-state index in [0.717, 1.165) is 40.7 Å². The van der Waals surface area contributed by atoms with Gasteiger partial charge < -0.3 is 9.47 Å². The highest BCUT2D eigenvalue weighted by atomic mass is 16.6. The van der Waals surface area contributed by atoms with Gasteiger partial charge in [0.25, 0.3) is 0 Å². The fraction of sp³-hybridized carbons (Fsp3) is 0.182. The molecule has 5 aromatic rings. The van der Waals surface area contributed by atoms with Crippen molar-refractivity contribution < 1.29 is 19.1 Å². The number of carbonyl (C=O) groups is 2. The molecule has 7 nitrogen and oxygen atoms in total. The molecule has 1 amide bonds. The molecule has 1 N–H and O–H groups in total. The summed E-state index contributed by atoms with van der Waals surface area (Å²) in [4.78, 5) is 30.0. The molecule has 1 atom stereocenters. The third kappa shape index (κ3) is 4.71. The lowest BCUT2D eigenvalue weighted by atomic mass is 9.93. The number of carbonyl (C=O) groups excluding carboxylic acids is 2. The highest BCUT2D eigenvalue weighted by Crippen LogP contribution is 2.49. The Balaban J connectivity index is 1.25. The Hall–Kier alpha value is -4.91. The number of nitrogens with zero attached hydrogens (tertiary/aromatic N) is 2. The molecule has 0 aliphatic heterocycles. The summed E-state index contributed by atoms with van der Waals surface area (Å²) in [7, 11) is 1.44. The summed E-state index contributed by atoms with van der Waals surface area (Å²) < 4.78 is 12.5. The molecule has 200 valence electrons. The molecule has 0 radical (unpaired) electrons. The van der Waals surface area contributed by atoms with Gasteiger partial charge in [-0.25, -0.2) is 9.78 Å². The number of anilines is 1. The molecule has 0 spiro atoms. The number of imidazole rings is 1. The van der Waals surface area contributed by atoms with Crippen LogP contribution in [0.1, 0.15) is 37.0 Å². The van der Waals surface area contributed by atoms with Crippen LogP contribution in [0.15, 0.2) is 103 Å². The van der Waals surface area contributed by atoms with Crippen LogP contribution < -0.4 is 5.32 Å². The molecule has 0 bridgehead atoms. The highest BCUT2D eigenvalue weighted by Gasteiger charge is 2.52. The summed E-state index contributed by atoms with van der Waals surface area (Å²) in [6, 6.07) is 31.4. The van der Waals surface area contributed by atoms with Crippen molar-refractivity contribution in [2.75, 3.05) is 12.4 Å². The van der Waals surface area contributed by atoms with Gasteiger partial charge in [0.15, 0.2) is 0 Å². The van der Waals surface area contributed by atoms with Gasteiger partial charge in [-0.2, -0.15) is 0 Å². The summed E-state index contributed by atoms with van der Waals surface area (Å²) in [5.74, 6) is 0.371. The van der Waals surface area contributed by atoms with Crippen LogP contribution in [0.4, 0.5) is 10.6 Å². The fourth-order valence-corrected chi connectivity index (χ4v) is 5.13. The van der Waals surface area contributed by atoms with E-state index < -0.39 is 17.6 Å². The van der Waals surface area contributed by atoms with Crippen molar-refractivity contribution in [3.8, 4) is 22.4 Å². The number of rotatable bonds is 7. The van der Waals surface area contributed by atoms with Gasteiger partial charge in [0, 0.05) is 11.8 Å². The monoisotopic (exact) mass is 531 g/mol. The summed E-state index contributed by atoms with van der Waals surface area (Å²) in [5.41, 5.74) is 5.72. The van der Waals surface area contributed by atoms with Crippen LogP contribution in [0.5, 0.6) is 0 Å². The molecule has 1 aliphatic rings. The second-order valence-electron chi connectivity index (χ2n) is 10.0. The lowest BCUT2D eigenvalue weighted by Gasteiger charge is -2.15. The second-order valence-corrected chi connectivity index (χ2v) is 10.0. The number of nitrogens with one attached hydrogen (secondary N) is 1. The van der Waals surface area contributed by atoms with Gasteiger partial charge in [-0.15, -0.1) is 0 Å². The van der Waals surface area contributed by atoms with Crippen molar-refractivity contribution >= 4 is 23.5 Å². The average Bonchev–Trinajstić information content (AvgIpc) is 3.74. The van der Waals surface area contributed by atoms with E-state index in [0.29, 0.717) is 17.2 Å². The molecule has 1 aliphatic carbocycles. The topological polar surface area (TPSA) is 81.9 Å². The molecule has 6 rings (SSSR count). The van der Waals surface area contributed by atoms with Crippen molar-refractivity contribution in [1.29, 1.82) is 0 Å². The number of ether oxygens (including phenoxy) is 2.